The van der Waals surface area contributed by atoms with Gasteiger partial charge in [-0.15, -0.1) is 0 Å². The molecule has 6 heteroatoms. The van der Waals surface area contributed by atoms with E-state index in [-0.39, 0.29) is 0 Å². The highest BCUT2D eigenvalue weighted by molar-refractivity contribution is 9.10. The summed E-state index contributed by atoms with van der Waals surface area (Å²) in [6.07, 6.45) is 2.10. The van der Waals surface area contributed by atoms with E-state index >= 15 is 0 Å². The predicted octanol–water partition coefficient (Wildman–Crippen LogP) is 2.56. The Bertz CT molecular complexity index is 607. The number of benzene rings is 1. The fourth-order valence-electron chi connectivity index (χ4n) is 2.08. The first-order valence-corrected chi connectivity index (χ1v) is 6.02. The highest BCUT2D eigenvalue weighted by Crippen LogP contribution is 2.32. The quantitative estimate of drug-likeness (QED) is 0.809. The minimum atomic E-state index is 0.761. The molecule has 0 N–H and O–H groups in total. The lowest BCUT2D eigenvalue weighted by molar-refractivity contribution is 0.315. The van der Waals surface area contributed by atoms with Crippen LogP contribution in [0.2, 0.25) is 0 Å². The van der Waals surface area contributed by atoms with Crippen LogP contribution in [0.4, 0.5) is 5.69 Å². The summed E-state index contributed by atoms with van der Waals surface area (Å²) in [5.74, 6) is 0. The number of anilines is 1. The monoisotopic (exact) mass is 294 g/mol. The summed E-state index contributed by atoms with van der Waals surface area (Å²) in [5, 5.41) is 7.85. The van der Waals surface area contributed by atoms with Crippen molar-refractivity contribution < 1.29 is 4.63 Å². The molecule has 1 aliphatic rings. The molecule has 2 aromatic rings. The molecule has 0 bridgehead atoms. The van der Waals surface area contributed by atoms with Crippen molar-refractivity contribution in [3.8, 4) is 0 Å². The van der Waals surface area contributed by atoms with Gasteiger partial charge in [0, 0.05) is 23.4 Å². The molecule has 1 aromatic heterocycles. The van der Waals surface area contributed by atoms with Crippen LogP contribution in [-0.2, 0) is 0 Å². The summed E-state index contributed by atoms with van der Waals surface area (Å²) in [6, 6.07) is 3.93. The van der Waals surface area contributed by atoms with Crippen LogP contribution in [0.15, 0.2) is 33.1 Å². The first-order valence-electron chi connectivity index (χ1n) is 5.23. The van der Waals surface area contributed by atoms with E-state index in [0.29, 0.717) is 0 Å². The smallest absolute Gasteiger partial charge is 0.158 e. The maximum Gasteiger partial charge on any atom is 0.158 e. The van der Waals surface area contributed by atoms with Crippen molar-refractivity contribution in [3.63, 3.8) is 0 Å². The number of fused-ring (bicyclic) bond motifs is 1. The molecule has 0 saturated heterocycles. The van der Waals surface area contributed by atoms with Gasteiger partial charge in [0.15, 0.2) is 5.52 Å². The lowest BCUT2D eigenvalue weighted by atomic mass is 10.2. The zero-order valence-corrected chi connectivity index (χ0v) is 11.1. The van der Waals surface area contributed by atoms with Crippen LogP contribution in [0, 0.1) is 0 Å². The predicted molar refractivity (Wildman–Crippen MR) is 68.4 cm³/mol. The number of hydrogen-bond donors (Lipinski definition) is 0. The van der Waals surface area contributed by atoms with Crippen molar-refractivity contribution in [3.05, 3.63) is 28.5 Å². The highest BCUT2D eigenvalue weighted by atomic mass is 79.9. The molecule has 0 spiro atoms. The van der Waals surface area contributed by atoms with Crippen molar-refractivity contribution in [2.24, 2.45) is 0 Å². The molecule has 0 unspecified atom stereocenters. The second-order valence-electron chi connectivity index (χ2n) is 4.15. The van der Waals surface area contributed by atoms with Gasteiger partial charge in [0.05, 0.1) is 12.4 Å². The largest absolute Gasteiger partial charge is 0.361 e. The molecule has 0 aliphatic carbocycles. The second kappa shape index (κ2) is 3.73. The molecule has 1 aromatic carbocycles. The highest BCUT2D eigenvalue weighted by Gasteiger charge is 2.21. The van der Waals surface area contributed by atoms with Crippen LogP contribution < -0.4 is 4.90 Å². The maximum absolute atomic E-state index is 4.80. The van der Waals surface area contributed by atoms with Crippen LogP contribution in [0.25, 0.3) is 11.0 Å². The van der Waals surface area contributed by atoms with Crippen molar-refractivity contribution in [2.45, 2.75) is 6.92 Å². The van der Waals surface area contributed by atoms with E-state index in [1.54, 1.807) is 0 Å². The number of allylic oxidation sites excluding steroid dienone is 1. The minimum Gasteiger partial charge on any atom is -0.361 e. The lowest BCUT2D eigenvalue weighted by Crippen LogP contribution is -2.24. The van der Waals surface area contributed by atoms with Crippen molar-refractivity contribution in [2.75, 3.05) is 18.6 Å². The van der Waals surface area contributed by atoms with Gasteiger partial charge >= 0.3 is 0 Å². The van der Waals surface area contributed by atoms with Crippen LogP contribution in [-0.4, -0.2) is 28.9 Å². The Kier molecular flexibility index (Phi) is 2.32. The second-order valence-corrected chi connectivity index (χ2v) is 5.07. The SMILES string of the molecule is CC1=CN(C)CN1c1cc(Br)cc2nonc12. The van der Waals surface area contributed by atoms with E-state index in [4.69, 9.17) is 4.63 Å². The summed E-state index contributed by atoms with van der Waals surface area (Å²) >= 11 is 3.48. The fraction of sp³-hybridized carbons (Fsp3) is 0.273. The molecular formula is C11H11BrN4O. The maximum atomic E-state index is 4.80. The van der Waals surface area contributed by atoms with Gasteiger partial charge < -0.3 is 9.80 Å². The molecule has 1 aliphatic heterocycles. The summed E-state index contributed by atoms with van der Waals surface area (Å²) in [5.41, 5.74) is 3.73. The number of nitrogens with zero attached hydrogens (tertiary/aromatic N) is 4. The molecule has 5 nitrogen and oxygen atoms in total. The Morgan fingerprint density at radius 1 is 1.35 bits per heavy atom. The standard InChI is InChI=1S/C11H11BrN4O/c1-7-5-15(2)6-16(7)10-4-8(12)3-9-11(10)14-17-13-9/h3-5H,6H2,1-2H3. The Morgan fingerprint density at radius 3 is 2.88 bits per heavy atom. The Hall–Kier alpha value is -1.56. The molecule has 0 fully saturated rings. The third-order valence-corrected chi connectivity index (χ3v) is 3.25. The van der Waals surface area contributed by atoms with E-state index in [1.165, 1.54) is 5.70 Å². The molecule has 0 atom stereocenters. The Labute approximate surface area is 107 Å². The van der Waals surface area contributed by atoms with Crippen LogP contribution in [0.1, 0.15) is 6.92 Å². The summed E-state index contributed by atoms with van der Waals surface area (Å²) in [4.78, 5) is 4.30. The van der Waals surface area contributed by atoms with Crippen molar-refractivity contribution >= 4 is 32.7 Å². The molecule has 0 amide bonds. The first kappa shape index (κ1) is 10.6. The molecular weight excluding hydrogens is 284 g/mol. The van der Waals surface area contributed by atoms with Gasteiger partial charge in [0.1, 0.15) is 5.52 Å². The minimum absolute atomic E-state index is 0.761. The average molecular weight is 295 g/mol. The summed E-state index contributed by atoms with van der Waals surface area (Å²) < 4.78 is 5.77. The number of aromatic nitrogens is 2. The van der Waals surface area contributed by atoms with Gasteiger partial charge in [-0.1, -0.05) is 15.9 Å². The van der Waals surface area contributed by atoms with Crippen LogP contribution >= 0.6 is 15.9 Å². The third-order valence-electron chi connectivity index (χ3n) is 2.79. The summed E-state index contributed by atoms with van der Waals surface area (Å²) in [7, 11) is 2.04. The van der Waals surface area contributed by atoms with Gasteiger partial charge in [-0.3, -0.25) is 0 Å². The lowest BCUT2D eigenvalue weighted by Gasteiger charge is -2.21. The molecule has 0 saturated carbocycles. The van der Waals surface area contributed by atoms with E-state index in [1.807, 2.05) is 19.2 Å². The van der Waals surface area contributed by atoms with Gasteiger partial charge in [0.25, 0.3) is 0 Å². The molecule has 2 heterocycles. The number of rotatable bonds is 1. The molecule has 17 heavy (non-hydrogen) atoms. The normalized spacial score (nSPS) is 15.8. The van der Waals surface area contributed by atoms with E-state index in [0.717, 1.165) is 27.9 Å². The first-order chi connectivity index (χ1) is 8.15. The van der Waals surface area contributed by atoms with E-state index < -0.39 is 0 Å². The van der Waals surface area contributed by atoms with E-state index in [2.05, 4.69) is 49.2 Å². The third kappa shape index (κ3) is 1.68. The van der Waals surface area contributed by atoms with Gasteiger partial charge in [-0.05, 0) is 29.4 Å². The average Bonchev–Trinajstić information content (AvgIpc) is 2.83. The molecule has 3 rings (SSSR count). The molecule has 88 valence electrons. The summed E-state index contributed by atoms with van der Waals surface area (Å²) in [6.45, 7) is 2.88. The van der Waals surface area contributed by atoms with Gasteiger partial charge in [-0.25, -0.2) is 4.63 Å². The zero-order chi connectivity index (χ0) is 12.0. The van der Waals surface area contributed by atoms with Crippen LogP contribution in [0.3, 0.4) is 0 Å². The van der Waals surface area contributed by atoms with Gasteiger partial charge in [0.2, 0.25) is 0 Å². The van der Waals surface area contributed by atoms with Crippen molar-refractivity contribution in [1.82, 2.24) is 15.2 Å². The Balaban J connectivity index is 2.17. The molecule has 0 radical (unpaired) electrons. The van der Waals surface area contributed by atoms with Crippen molar-refractivity contribution in [1.29, 1.82) is 0 Å². The van der Waals surface area contributed by atoms with E-state index in [9.17, 15) is 0 Å². The number of halogens is 1. The zero-order valence-electron chi connectivity index (χ0n) is 9.51. The van der Waals surface area contributed by atoms with Crippen LogP contribution in [0.5, 0.6) is 0 Å². The van der Waals surface area contributed by atoms with Gasteiger partial charge in [-0.2, -0.15) is 0 Å². The number of hydrogen-bond acceptors (Lipinski definition) is 5. The topological polar surface area (TPSA) is 45.4 Å². The Morgan fingerprint density at radius 2 is 2.18 bits per heavy atom. The fourth-order valence-corrected chi connectivity index (χ4v) is 2.51.